The summed E-state index contributed by atoms with van der Waals surface area (Å²) in [5.41, 5.74) is 5.83. The average molecular weight is 382 g/mol. The van der Waals surface area contributed by atoms with Gasteiger partial charge in [0.2, 0.25) is 5.91 Å². The summed E-state index contributed by atoms with van der Waals surface area (Å²) in [6.45, 7) is 4.32. The quantitative estimate of drug-likeness (QED) is 0.640. The lowest BCUT2D eigenvalue weighted by atomic mass is 9.69. The summed E-state index contributed by atoms with van der Waals surface area (Å²) >= 11 is 0. The molecule has 1 aromatic rings. The normalized spacial score (nSPS) is 30.5. The van der Waals surface area contributed by atoms with Gasteiger partial charge in [-0.05, 0) is 55.4 Å². The molecule has 1 saturated heterocycles. The molecular weight excluding hydrogens is 356 g/mol. The van der Waals surface area contributed by atoms with Crippen LogP contribution in [0, 0.1) is 23.2 Å². The Morgan fingerprint density at radius 3 is 2.39 bits per heavy atom. The van der Waals surface area contributed by atoms with Gasteiger partial charge in [-0.15, -0.1) is 0 Å². The van der Waals surface area contributed by atoms with Gasteiger partial charge in [0.1, 0.15) is 0 Å². The molecule has 28 heavy (non-hydrogen) atoms. The number of rotatable bonds is 4. The number of carbonyl (C=O) groups is 3. The summed E-state index contributed by atoms with van der Waals surface area (Å²) in [7, 11) is 0. The number of hydrogen-bond acceptors (Lipinski definition) is 4. The SMILES string of the molecule is CC1(C)CN(c2ccc(C(N)=O)cc2)C(=O)[C@@H]1OC(=O)[C@H]1C[C@@H]2C=C[C@H]1CC2. The Labute approximate surface area is 164 Å². The first-order valence-corrected chi connectivity index (χ1v) is 9.86. The summed E-state index contributed by atoms with van der Waals surface area (Å²) in [4.78, 5) is 38.8. The minimum absolute atomic E-state index is 0.142. The van der Waals surface area contributed by atoms with Gasteiger partial charge in [-0.2, -0.15) is 0 Å². The molecule has 1 aromatic carbocycles. The zero-order chi connectivity index (χ0) is 20.1. The fourth-order valence-electron chi connectivity index (χ4n) is 4.68. The van der Waals surface area contributed by atoms with Gasteiger partial charge in [0.15, 0.2) is 6.10 Å². The third-order valence-corrected chi connectivity index (χ3v) is 6.34. The van der Waals surface area contributed by atoms with Crippen LogP contribution in [0.5, 0.6) is 0 Å². The number of benzene rings is 1. The average Bonchev–Trinajstić information content (AvgIpc) is 2.92. The first-order chi connectivity index (χ1) is 13.3. The van der Waals surface area contributed by atoms with E-state index >= 15 is 0 Å². The van der Waals surface area contributed by atoms with Crippen molar-refractivity contribution in [1.82, 2.24) is 0 Å². The Bertz CT molecular complexity index is 843. The van der Waals surface area contributed by atoms with Crippen molar-refractivity contribution in [2.24, 2.45) is 28.9 Å². The Morgan fingerprint density at radius 1 is 1.14 bits per heavy atom. The highest BCUT2D eigenvalue weighted by Crippen LogP contribution is 2.42. The minimum Gasteiger partial charge on any atom is -0.451 e. The van der Waals surface area contributed by atoms with Gasteiger partial charge in [-0.25, -0.2) is 0 Å². The summed E-state index contributed by atoms with van der Waals surface area (Å²) in [6, 6.07) is 6.59. The van der Waals surface area contributed by atoms with Crippen molar-refractivity contribution in [1.29, 1.82) is 0 Å². The first kappa shape index (κ1) is 18.7. The van der Waals surface area contributed by atoms with E-state index in [1.54, 1.807) is 29.2 Å². The number of anilines is 1. The van der Waals surface area contributed by atoms with Gasteiger partial charge in [0, 0.05) is 23.2 Å². The molecule has 0 aromatic heterocycles. The zero-order valence-corrected chi connectivity index (χ0v) is 16.3. The third-order valence-electron chi connectivity index (χ3n) is 6.34. The number of esters is 1. The van der Waals surface area contributed by atoms with E-state index < -0.39 is 17.4 Å². The lowest BCUT2D eigenvalue weighted by Gasteiger charge is -2.37. The second-order valence-electron chi connectivity index (χ2n) is 8.87. The van der Waals surface area contributed by atoms with E-state index in [9.17, 15) is 14.4 Å². The standard InChI is InChI=1S/C22H26N2O4/c1-22(2)12-24(16-9-7-15(8-10-16)19(23)25)20(26)18(22)28-21(27)17-11-13-3-5-14(17)6-4-13/h3,5,7-10,13-14,17-18H,4,6,11-12H2,1-2H3,(H2,23,25)/t13-,14+,17+,18+/m1/s1. The Hall–Kier alpha value is -2.63. The number of allylic oxidation sites excluding steroid dienone is 2. The van der Waals surface area contributed by atoms with Gasteiger partial charge in [-0.1, -0.05) is 26.0 Å². The largest absolute Gasteiger partial charge is 0.451 e. The molecule has 1 aliphatic heterocycles. The van der Waals surface area contributed by atoms with Crippen molar-refractivity contribution < 1.29 is 19.1 Å². The summed E-state index contributed by atoms with van der Waals surface area (Å²) in [6.07, 6.45) is 6.51. The molecule has 148 valence electrons. The molecule has 6 heteroatoms. The topological polar surface area (TPSA) is 89.7 Å². The van der Waals surface area contributed by atoms with Crippen LogP contribution in [0.1, 0.15) is 43.5 Å². The molecule has 4 atom stereocenters. The van der Waals surface area contributed by atoms with Crippen molar-refractivity contribution in [2.75, 3.05) is 11.4 Å². The van der Waals surface area contributed by atoms with Crippen molar-refractivity contribution >= 4 is 23.5 Å². The van der Waals surface area contributed by atoms with Crippen LogP contribution in [0.3, 0.4) is 0 Å². The lowest BCUT2D eigenvalue weighted by Crippen LogP contribution is -2.41. The number of ether oxygens (including phenoxy) is 1. The number of nitrogens with zero attached hydrogens (tertiary/aromatic N) is 1. The Balaban J connectivity index is 1.50. The van der Waals surface area contributed by atoms with Crippen molar-refractivity contribution in [3.05, 3.63) is 42.0 Å². The summed E-state index contributed by atoms with van der Waals surface area (Å²) < 4.78 is 5.81. The van der Waals surface area contributed by atoms with E-state index in [0.717, 1.165) is 19.3 Å². The van der Waals surface area contributed by atoms with Crippen LogP contribution in [0.25, 0.3) is 0 Å². The van der Waals surface area contributed by atoms with E-state index in [4.69, 9.17) is 10.5 Å². The smallest absolute Gasteiger partial charge is 0.310 e. The molecule has 1 saturated carbocycles. The van der Waals surface area contributed by atoms with Gasteiger partial charge >= 0.3 is 5.97 Å². The second kappa shape index (κ2) is 6.76. The molecule has 2 fully saturated rings. The first-order valence-electron chi connectivity index (χ1n) is 9.86. The third kappa shape index (κ3) is 3.21. The van der Waals surface area contributed by atoms with Crippen molar-refractivity contribution in [2.45, 2.75) is 39.2 Å². The van der Waals surface area contributed by atoms with Crippen LogP contribution in [-0.4, -0.2) is 30.4 Å². The van der Waals surface area contributed by atoms with Gasteiger partial charge in [0.05, 0.1) is 5.92 Å². The molecule has 6 nitrogen and oxygen atoms in total. The number of primary amides is 1. The number of fused-ring (bicyclic) bond motifs is 2. The van der Waals surface area contributed by atoms with E-state index in [0.29, 0.717) is 23.7 Å². The maximum atomic E-state index is 13.1. The molecule has 0 radical (unpaired) electrons. The molecule has 3 aliphatic carbocycles. The number of nitrogens with two attached hydrogens (primary N) is 1. The predicted molar refractivity (Wildman–Crippen MR) is 104 cm³/mol. The van der Waals surface area contributed by atoms with Gasteiger partial charge in [0.25, 0.3) is 5.91 Å². The number of hydrogen-bond donors (Lipinski definition) is 1. The predicted octanol–water partition coefficient (Wildman–Crippen LogP) is 2.67. The van der Waals surface area contributed by atoms with Crippen LogP contribution in [-0.2, 0) is 14.3 Å². The highest BCUT2D eigenvalue weighted by Gasteiger charge is 2.50. The Kier molecular flexibility index (Phi) is 4.52. The van der Waals surface area contributed by atoms with E-state index in [1.807, 2.05) is 13.8 Å². The molecule has 0 unspecified atom stereocenters. The lowest BCUT2D eigenvalue weighted by molar-refractivity contribution is -0.165. The van der Waals surface area contributed by atoms with Crippen LogP contribution in [0.2, 0.25) is 0 Å². The molecule has 4 aliphatic rings. The van der Waals surface area contributed by atoms with Gasteiger partial charge < -0.3 is 15.4 Å². The van der Waals surface area contributed by atoms with Crippen molar-refractivity contribution in [3.63, 3.8) is 0 Å². The van der Waals surface area contributed by atoms with Crippen LogP contribution >= 0.6 is 0 Å². The van der Waals surface area contributed by atoms with Crippen LogP contribution < -0.4 is 10.6 Å². The number of amides is 2. The van der Waals surface area contributed by atoms with Crippen LogP contribution in [0.15, 0.2) is 36.4 Å². The highest BCUT2D eigenvalue weighted by atomic mass is 16.6. The molecule has 1 heterocycles. The fourth-order valence-corrected chi connectivity index (χ4v) is 4.68. The summed E-state index contributed by atoms with van der Waals surface area (Å²) in [5, 5.41) is 0. The monoisotopic (exact) mass is 382 g/mol. The maximum Gasteiger partial charge on any atom is 0.310 e. The van der Waals surface area contributed by atoms with Gasteiger partial charge in [-0.3, -0.25) is 14.4 Å². The van der Waals surface area contributed by atoms with E-state index in [1.165, 1.54) is 0 Å². The molecule has 2 bridgehead atoms. The number of carbonyl (C=O) groups excluding carboxylic acids is 3. The minimum atomic E-state index is -0.805. The van der Waals surface area contributed by atoms with E-state index in [-0.39, 0.29) is 23.7 Å². The molecule has 2 amide bonds. The fraction of sp³-hybridized carbons (Fsp3) is 0.500. The maximum absolute atomic E-state index is 13.1. The molecule has 2 N–H and O–H groups in total. The molecule has 0 spiro atoms. The zero-order valence-electron chi connectivity index (χ0n) is 16.3. The Morgan fingerprint density at radius 2 is 1.86 bits per heavy atom. The molecular formula is C22H26N2O4. The second-order valence-corrected chi connectivity index (χ2v) is 8.87. The molecule has 5 rings (SSSR count). The van der Waals surface area contributed by atoms with Crippen LogP contribution in [0.4, 0.5) is 5.69 Å². The highest BCUT2D eigenvalue weighted by molar-refractivity contribution is 6.01. The summed E-state index contributed by atoms with van der Waals surface area (Å²) in [5.74, 6) is -0.443. The van der Waals surface area contributed by atoms with Crippen molar-refractivity contribution in [3.8, 4) is 0 Å². The van der Waals surface area contributed by atoms with E-state index in [2.05, 4.69) is 12.2 Å².